The third-order valence-electron chi connectivity index (χ3n) is 2.83. The van der Waals surface area contributed by atoms with Crippen molar-refractivity contribution in [3.8, 4) is 0 Å². The van der Waals surface area contributed by atoms with E-state index >= 15 is 0 Å². The van der Waals surface area contributed by atoms with Crippen LogP contribution < -0.4 is 0 Å². The van der Waals surface area contributed by atoms with E-state index < -0.39 is 0 Å². The van der Waals surface area contributed by atoms with Gasteiger partial charge in [-0.25, -0.2) is 0 Å². The molecule has 1 heterocycles. The number of aromatic nitrogens is 1. The molecule has 80 valence electrons. The Balaban J connectivity index is 3.00. The molecule has 1 rings (SSSR count). The summed E-state index contributed by atoms with van der Waals surface area (Å²) in [6.07, 6.45) is 1.06. The van der Waals surface area contributed by atoms with Gasteiger partial charge in [0.25, 0.3) is 0 Å². The molecular formula is C12H21NO. The van der Waals surface area contributed by atoms with Gasteiger partial charge in [-0.2, -0.15) is 0 Å². The lowest BCUT2D eigenvalue weighted by Gasteiger charge is -2.18. The third-order valence-corrected chi connectivity index (χ3v) is 2.83. The van der Waals surface area contributed by atoms with Crippen molar-refractivity contribution in [3.63, 3.8) is 0 Å². The van der Waals surface area contributed by atoms with Gasteiger partial charge in [0.1, 0.15) is 5.76 Å². The van der Waals surface area contributed by atoms with Crippen LogP contribution in [0.1, 0.15) is 59.4 Å². The molecule has 0 bridgehead atoms. The van der Waals surface area contributed by atoms with E-state index in [9.17, 15) is 0 Å². The first-order valence-corrected chi connectivity index (χ1v) is 5.25. The summed E-state index contributed by atoms with van der Waals surface area (Å²) in [5.74, 6) is 0.991. The van der Waals surface area contributed by atoms with Crippen molar-refractivity contribution >= 4 is 0 Å². The van der Waals surface area contributed by atoms with Gasteiger partial charge in [-0.1, -0.05) is 46.7 Å². The van der Waals surface area contributed by atoms with Gasteiger partial charge in [-0.3, -0.25) is 0 Å². The van der Waals surface area contributed by atoms with E-state index in [1.165, 1.54) is 0 Å². The average molecular weight is 195 g/mol. The van der Waals surface area contributed by atoms with Crippen LogP contribution in [0.4, 0.5) is 0 Å². The maximum absolute atomic E-state index is 5.40. The highest BCUT2D eigenvalue weighted by Gasteiger charge is 2.26. The average Bonchev–Trinajstić information content (AvgIpc) is 2.51. The van der Waals surface area contributed by atoms with Gasteiger partial charge in [-0.15, -0.1) is 0 Å². The van der Waals surface area contributed by atoms with Gasteiger partial charge in [0.2, 0.25) is 0 Å². The fourth-order valence-corrected chi connectivity index (χ4v) is 1.12. The summed E-state index contributed by atoms with van der Waals surface area (Å²) >= 11 is 0. The van der Waals surface area contributed by atoms with E-state index in [0.29, 0.717) is 0 Å². The van der Waals surface area contributed by atoms with Crippen molar-refractivity contribution in [1.29, 1.82) is 0 Å². The highest BCUT2D eigenvalue weighted by atomic mass is 16.5. The summed E-state index contributed by atoms with van der Waals surface area (Å²) < 4.78 is 5.40. The molecule has 0 amide bonds. The minimum Gasteiger partial charge on any atom is -0.361 e. The van der Waals surface area contributed by atoms with Crippen molar-refractivity contribution in [2.75, 3.05) is 0 Å². The fraction of sp³-hybridized carbons (Fsp3) is 0.750. The number of nitrogens with zero attached hydrogens (tertiary/aromatic N) is 1. The number of hydrogen-bond donors (Lipinski definition) is 0. The summed E-state index contributed by atoms with van der Waals surface area (Å²) in [5, 5.41) is 4.13. The predicted molar refractivity (Wildman–Crippen MR) is 58.5 cm³/mol. The summed E-state index contributed by atoms with van der Waals surface area (Å²) in [6.45, 7) is 13.0. The zero-order valence-corrected chi connectivity index (χ0v) is 10.1. The molecule has 2 nitrogen and oxygen atoms in total. The lowest BCUT2D eigenvalue weighted by Crippen LogP contribution is -2.15. The molecule has 0 aliphatic carbocycles. The van der Waals surface area contributed by atoms with E-state index in [1.807, 2.05) is 0 Å². The molecule has 0 aromatic carbocycles. The van der Waals surface area contributed by atoms with Gasteiger partial charge >= 0.3 is 0 Å². The molecule has 0 unspecified atom stereocenters. The molecule has 14 heavy (non-hydrogen) atoms. The first kappa shape index (κ1) is 11.3. The van der Waals surface area contributed by atoms with Crippen LogP contribution in [0.15, 0.2) is 10.6 Å². The van der Waals surface area contributed by atoms with Gasteiger partial charge in [0, 0.05) is 16.9 Å². The predicted octanol–water partition coefficient (Wildman–Crippen LogP) is 3.66. The standard InChI is InChI=1S/C12H21NO/c1-7-12(5,6)10-8-9(13-14-10)11(2,3)4/h8H,7H2,1-6H3. The highest BCUT2D eigenvalue weighted by Crippen LogP contribution is 2.30. The molecule has 0 aliphatic heterocycles. The van der Waals surface area contributed by atoms with Crippen molar-refractivity contribution in [2.24, 2.45) is 0 Å². The van der Waals surface area contributed by atoms with Crippen LogP contribution in [0.5, 0.6) is 0 Å². The fourth-order valence-electron chi connectivity index (χ4n) is 1.12. The first-order valence-electron chi connectivity index (χ1n) is 5.25. The molecule has 1 aromatic rings. The third kappa shape index (κ3) is 2.17. The SMILES string of the molecule is CCC(C)(C)c1cc(C(C)(C)C)no1. The Morgan fingerprint density at radius 1 is 1.21 bits per heavy atom. The summed E-state index contributed by atoms with van der Waals surface area (Å²) in [7, 11) is 0. The van der Waals surface area contributed by atoms with Gasteiger partial charge in [0.15, 0.2) is 0 Å². The Labute approximate surface area is 86.7 Å². The minimum atomic E-state index is 0.0750. The number of hydrogen-bond acceptors (Lipinski definition) is 2. The van der Waals surface area contributed by atoms with Crippen LogP contribution in [0.3, 0.4) is 0 Å². The Morgan fingerprint density at radius 3 is 2.14 bits per heavy atom. The van der Waals surface area contributed by atoms with Crippen LogP contribution in [0, 0.1) is 0 Å². The van der Waals surface area contributed by atoms with E-state index in [2.05, 4.69) is 52.8 Å². The second kappa shape index (κ2) is 3.41. The second-order valence-electron chi connectivity index (χ2n) is 5.56. The van der Waals surface area contributed by atoms with E-state index in [1.54, 1.807) is 0 Å². The summed E-state index contributed by atoms with van der Waals surface area (Å²) in [6, 6.07) is 2.09. The molecule has 0 atom stereocenters. The van der Waals surface area contributed by atoms with Crippen molar-refractivity contribution in [2.45, 2.75) is 58.8 Å². The van der Waals surface area contributed by atoms with Crippen molar-refractivity contribution in [1.82, 2.24) is 5.16 Å². The molecular weight excluding hydrogens is 174 g/mol. The van der Waals surface area contributed by atoms with Crippen LogP contribution in [0.25, 0.3) is 0 Å². The lowest BCUT2D eigenvalue weighted by molar-refractivity contribution is 0.303. The first-order chi connectivity index (χ1) is 6.27. The van der Waals surface area contributed by atoms with Gasteiger partial charge in [-0.05, 0) is 6.42 Å². The molecule has 0 fully saturated rings. The van der Waals surface area contributed by atoms with E-state index in [-0.39, 0.29) is 10.8 Å². The topological polar surface area (TPSA) is 26.0 Å². The molecule has 0 saturated carbocycles. The van der Waals surface area contributed by atoms with Crippen LogP contribution in [0.2, 0.25) is 0 Å². The Hall–Kier alpha value is -0.790. The maximum Gasteiger partial charge on any atom is 0.142 e. The molecule has 0 radical (unpaired) electrons. The van der Waals surface area contributed by atoms with Crippen molar-refractivity contribution < 1.29 is 4.52 Å². The van der Waals surface area contributed by atoms with E-state index in [4.69, 9.17) is 4.52 Å². The smallest absolute Gasteiger partial charge is 0.142 e. The largest absolute Gasteiger partial charge is 0.361 e. The molecule has 0 N–H and O–H groups in total. The Bertz CT molecular complexity index is 304. The van der Waals surface area contributed by atoms with Crippen LogP contribution in [-0.4, -0.2) is 5.16 Å². The highest BCUT2D eigenvalue weighted by molar-refractivity contribution is 5.19. The zero-order valence-electron chi connectivity index (χ0n) is 10.1. The Morgan fingerprint density at radius 2 is 1.79 bits per heavy atom. The quantitative estimate of drug-likeness (QED) is 0.719. The minimum absolute atomic E-state index is 0.0750. The zero-order chi connectivity index (χ0) is 11.0. The monoisotopic (exact) mass is 195 g/mol. The van der Waals surface area contributed by atoms with Gasteiger partial charge < -0.3 is 4.52 Å². The number of rotatable bonds is 2. The molecule has 2 heteroatoms. The second-order valence-corrected chi connectivity index (χ2v) is 5.56. The lowest BCUT2D eigenvalue weighted by atomic mass is 9.85. The normalized spacial score (nSPS) is 13.3. The summed E-state index contributed by atoms with van der Waals surface area (Å²) in [4.78, 5) is 0. The Kier molecular flexibility index (Phi) is 2.75. The van der Waals surface area contributed by atoms with Gasteiger partial charge in [0.05, 0.1) is 5.69 Å². The van der Waals surface area contributed by atoms with E-state index in [0.717, 1.165) is 17.9 Å². The van der Waals surface area contributed by atoms with Crippen LogP contribution >= 0.6 is 0 Å². The molecule has 1 aromatic heterocycles. The summed E-state index contributed by atoms with van der Waals surface area (Å²) in [5.41, 5.74) is 1.20. The van der Waals surface area contributed by atoms with Crippen molar-refractivity contribution in [3.05, 3.63) is 17.5 Å². The maximum atomic E-state index is 5.40. The van der Waals surface area contributed by atoms with Crippen LogP contribution in [-0.2, 0) is 10.8 Å². The molecule has 0 aliphatic rings. The molecule has 0 spiro atoms. The molecule has 0 saturated heterocycles.